The van der Waals surface area contributed by atoms with Crippen LogP contribution in [0.4, 0.5) is 4.39 Å². The van der Waals surface area contributed by atoms with Gasteiger partial charge in [-0.3, -0.25) is 0 Å². The molecule has 2 aromatic carbocycles. The molecule has 0 aliphatic heterocycles. The van der Waals surface area contributed by atoms with Crippen molar-refractivity contribution >= 4 is 31.9 Å². The maximum atomic E-state index is 13.3. The molecular weight excluding hydrogens is 391 g/mol. The van der Waals surface area contributed by atoms with Gasteiger partial charge in [-0.05, 0) is 35.4 Å². The zero-order chi connectivity index (χ0) is 14.7. The summed E-state index contributed by atoms with van der Waals surface area (Å²) in [5.74, 6) is 1.01. The summed E-state index contributed by atoms with van der Waals surface area (Å²) in [5.41, 5.74) is 1.77. The summed E-state index contributed by atoms with van der Waals surface area (Å²) in [6, 6.07) is 10.2. The molecule has 2 nitrogen and oxygen atoms in total. The number of alkyl halides is 1. The van der Waals surface area contributed by atoms with Gasteiger partial charge >= 0.3 is 0 Å². The lowest BCUT2D eigenvalue weighted by Gasteiger charge is -2.16. The Morgan fingerprint density at radius 3 is 2.30 bits per heavy atom. The van der Waals surface area contributed by atoms with Crippen molar-refractivity contribution in [3.05, 3.63) is 57.8 Å². The fourth-order valence-corrected chi connectivity index (χ4v) is 3.43. The fraction of sp³-hybridized carbons (Fsp3) is 0.200. The van der Waals surface area contributed by atoms with Crippen LogP contribution in [0.1, 0.15) is 16.0 Å². The first-order chi connectivity index (χ1) is 9.56. The SMILES string of the molecule is COc1cc(Br)c(C(Br)c2cccc(F)c2)cc1OC. The third-order valence-electron chi connectivity index (χ3n) is 2.92. The van der Waals surface area contributed by atoms with Gasteiger partial charge < -0.3 is 9.47 Å². The van der Waals surface area contributed by atoms with Gasteiger partial charge in [0, 0.05) is 4.47 Å². The number of hydrogen-bond donors (Lipinski definition) is 0. The van der Waals surface area contributed by atoms with Gasteiger partial charge in [0.05, 0.1) is 19.0 Å². The molecule has 106 valence electrons. The van der Waals surface area contributed by atoms with Crippen molar-refractivity contribution in [3.8, 4) is 11.5 Å². The van der Waals surface area contributed by atoms with Crippen molar-refractivity contribution in [1.82, 2.24) is 0 Å². The number of hydrogen-bond acceptors (Lipinski definition) is 2. The number of methoxy groups -OCH3 is 2. The Balaban J connectivity index is 2.46. The predicted octanol–water partition coefficient (Wildman–Crippen LogP) is 5.09. The summed E-state index contributed by atoms with van der Waals surface area (Å²) in [5, 5.41) is 0. The first-order valence-electron chi connectivity index (χ1n) is 5.87. The number of rotatable bonds is 4. The third kappa shape index (κ3) is 3.15. The molecule has 1 atom stereocenters. The van der Waals surface area contributed by atoms with E-state index in [4.69, 9.17) is 9.47 Å². The summed E-state index contributed by atoms with van der Waals surface area (Å²) < 4.78 is 24.7. The summed E-state index contributed by atoms with van der Waals surface area (Å²) in [4.78, 5) is -0.146. The molecule has 0 saturated carbocycles. The Kier molecular flexibility index (Phi) is 5.05. The Labute approximate surface area is 134 Å². The van der Waals surface area contributed by atoms with Gasteiger partial charge in [-0.15, -0.1) is 0 Å². The largest absolute Gasteiger partial charge is 0.493 e. The summed E-state index contributed by atoms with van der Waals surface area (Å²) in [6.07, 6.45) is 0. The summed E-state index contributed by atoms with van der Waals surface area (Å²) >= 11 is 7.10. The van der Waals surface area contributed by atoms with Crippen molar-refractivity contribution in [1.29, 1.82) is 0 Å². The minimum Gasteiger partial charge on any atom is -0.493 e. The molecule has 0 aliphatic carbocycles. The van der Waals surface area contributed by atoms with E-state index >= 15 is 0 Å². The minimum atomic E-state index is -0.261. The molecule has 0 fully saturated rings. The van der Waals surface area contributed by atoms with Crippen molar-refractivity contribution in [2.24, 2.45) is 0 Å². The van der Waals surface area contributed by atoms with E-state index in [0.717, 1.165) is 15.6 Å². The van der Waals surface area contributed by atoms with Crippen LogP contribution < -0.4 is 9.47 Å². The quantitative estimate of drug-likeness (QED) is 0.662. The van der Waals surface area contributed by atoms with Crippen molar-refractivity contribution < 1.29 is 13.9 Å². The van der Waals surface area contributed by atoms with E-state index in [0.29, 0.717) is 11.5 Å². The van der Waals surface area contributed by atoms with E-state index in [-0.39, 0.29) is 10.6 Å². The summed E-state index contributed by atoms with van der Waals surface area (Å²) in [6.45, 7) is 0. The number of benzene rings is 2. The van der Waals surface area contributed by atoms with Crippen LogP contribution in [-0.2, 0) is 0 Å². The molecule has 0 radical (unpaired) electrons. The van der Waals surface area contributed by atoms with Gasteiger partial charge in [-0.1, -0.05) is 44.0 Å². The van der Waals surface area contributed by atoms with Gasteiger partial charge in [0.1, 0.15) is 5.82 Å². The molecule has 5 heteroatoms. The highest BCUT2D eigenvalue weighted by Crippen LogP contribution is 2.41. The van der Waals surface area contributed by atoms with E-state index in [1.807, 2.05) is 18.2 Å². The standard InChI is InChI=1S/C15H13Br2FO2/c1-19-13-7-11(12(16)8-14(13)20-2)15(17)9-4-3-5-10(18)6-9/h3-8,15H,1-2H3. The van der Waals surface area contributed by atoms with Gasteiger partial charge in [-0.25, -0.2) is 4.39 Å². The van der Waals surface area contributed by atoms with Crippen LogP contribution in [-0.4, -0.2) is 14.2 Å². The van der Waals surface area contributed by atoms with E-state index in [1.54, 1.807) is 20.3 Å². The van der Waals surface area contributed by atoms with Gasteiger partial charge in [-0.2, -0.15) is 0 Å². The Bertz CT molecular complexity index is 617. The fourth-order valence-electron chi connectivity index (χ4n) is 1.91. The molecular formula is C15H13Br2FO2. The minimum absolute atomic E-state index is 0.146. The molecule has 1 unspecified atom stereocenters. The van der Waals surface area contributed by atoms with Gasteiger partial charge in [0.25, 0.3) is 0 Å². The second-order valence-electron chi connectivity index (χ2n) is 4.15. The molecule has 0 bridgehead atoms. The van der Waals surface area contributed by atoms with E-state index in [2.05, 4.69) is 31.9 Å². The second kappa shape index (κ2) is 6.59. The van der Waals surface area contributed by atoms with E-state index in [9.17, 15) is 4.39 Å². The monoisotopic (exact) mass is 402 g/mol. The smallest absolute Gasteiger partial charge is 0.161 e. The Morgan fingerprint density at radius 2 is 1.70 bits per heavy atom. The average molecular weight is 404 g/mol. The zero-order valence-electron chi connectivity index (χ0n) is 11.0. The average Bonchev–Trinajstić information content (AvgIpc) is 2.46. The molecule has 2 rings (SSSR count). The lowest BCUT2D eigenvalue weighted by Crippen LogP contribution is -1.98. The lowest BCUT2D eigenvalue weighted by molar-refractivity contribution is 0.354. The molecule has 0 N–H and O–H groups in total. The van der Waals surface area contributed by atoms with Crippen LogP contribution in [0, 0.1) is 5.82 Å². The van der Waals surface area contributed by atoms with Crippen molar-refractivity contribution in [3.63, 3.8) is 0 Å². The molecule has 0 saturated heterocycles. The first-order valence-corrected chi connectivity index (χ1v) is 7.58. The normalized spacial score (nSPS) is 12.1. The van der Waals surface area contributed by atoms with Crippen LogP contribution in [0.2, 0.25) is 0 Å². The maximum absolute atomic E-state index is 13.3. The predicted molar refractivity (Wildman–Crippen MR) is 84.4 cm³/mol. The molecule has 0 aromatic heterocycles. The van der Waals surface area contributed by atoms with Crippen molar-refractivity contribution in [2.45, 2.75) is 4.83 Å². The molecule has 0 spiro atoms. The molecule has 2 aromatic rings. The summed E-state index contributed by atoms with van der Waals surface area (Å²) in [7, 11) is 3.17. The van der Waals surface area contributed by atoms with Gasteiger partial charge in [0.15, 0.2) is 11.5 Å². The Hall–Kier alpha value is -1.07. The van der Waals surface area contributed by atoms with Crippen LogP contribution in [0.15, 0.2) is 40.9 Å². The number of halogens is 3. The van der Waals surface area contributed by atoms with E-state index < -0.39 is 0 Å². The molecule has 0 amide bonds. The second-order valence-corrected chi connectivity index (χ2v) is 5.92. The Morgan fingerprint density at radius 1 is 1.05 bits per heavy atom. The highest BCUT2D eigenvalue weighted by Gasteiger charge is 2.17. The highest BCUT2D eigenvalue weighted by atomic mass is 79.9. The highest BCUT2D eigenvalue weighted by molar-refractivity contribution is 9.11. The van der Waals surface area contributed by atoms with Crippen LogP contribution in [0.5, 0.6) is 11.5 Å². The molecule has 0 heterocycles. The molecule has 0 aliphatic rings. The third-order valence-corrected chi connectivity index (χ3v) is 4.63. The number of ether oxygens (including phenoxy) is 2. The maximum Gasteiger partial charge on any atom is 0.161 e. The lowest BCUT2D eigenvalue weighted by atomic mass is 10.0. The molecule has 20 heavy (non-hydrogen) atoms. The zero-order valence-corrected chi connectivity index (χ0v) is 14.2. The van der Waals surface area contributed by atoms with Crippen LogP contribution in [0.3, 0.4) is 0 Å². The van der Waals surface area contributed by atoms with E-state index in [1.165, 1.54) is 12.1 Å². The van der Waals surface area contributed by atoms with Crippen molar-refractivity contribution in [2.75, 3.05) is 14.2 Å². The topological polar surface area (TPSA) is 18.5 Å². The van der Waals surface area contributed by atoms with Crippen LogP contribution >= 0.6 is 31.9 Å². The first kappa shape index (κ1) is 15.3. The van der Waals surface area contributed by atoms with Crippen LogP contribution in [0.25, 0.3) is 0 Å². The van der Waals surface area contributed by atoms with Gasteiger partial charge in [0.2, 0.25) is 0 Å².